The highest BCUT2D eigenvalue weighted by atomic mass is 28.4. The lowest BCUT2D eigenvalue weighted by Gasteiger charge is -2.37. The van der Waals surface area contributed by atoms with Crippen LogP contribution in [0.2, 0.25) is 18.1 Å². The summed E-state index contributed by atoms with van der Waals surface area (Å²) in [6.07, 6.45) is 1.05. The van der Waals surface area contributed by atoms with E-state index in [9.17, 15) is 0 Å². The van der Waals surface area contributed by atoms with E-state index >= 15 is 0 Å². The monoisotopic (exact) mass is 436 g/mol. The number of rotatable bonds is 10. The maximum Gasteiger partial charge on any atom is 0.192 e. The first-order chi connectivity index (χ1) is 13.8. The van der Waals surface area contributed by atoms with Gasteiger partial charge in [-0.2, -0.15) is 0 Å². The smallest absolute Gasteiger partial charge is 0.192 e. The molecule has 0 aliphatic carbocycles. The second-order valence-electron chi connectivity index (χ2n) is 11.0. The van der Waals surface area contributed by atoms with Crippen LogP contribution in [0.3, 0.4) is 0 Å². The lowest BCUT2D eigenvalue weighted by atomic mass is 9.90. The summed E-state index contributed by atoms with van der Waals surface area (Å²) in [5, 5.41) is 0.188. The molecular formula is C25H44O4Si. The summed E-state index contributed by atoms with van der Waals surface area (Å²) >= 11 is 0. The fourth-order valence-electron chi connectivity index (χ4n) is 3.77. The van der Waals surface area contributed by atoms with E-state index < -0.39 is 14.1 Å². The topological polar surface area (TPSA) is 36.9 Å². The van der Waals surface area contributed by atoms with Crippen LogP contribution in [0.5, 0.6) is 0 Å². The zero-order valence-electron chi connectivity index (χ0n) is 20.7. The van der Waals surface area contributed by atoms with Gasteiger partial charge in [-0.15, -0.1) is 0 Å². The van der Waals surface area contributed by atoms with Crippen LogP contribution in [-0.2, 0) is 25.2 Å². The zero-order chi connectivity index (χ0) is 22.6. The molecule has 0 unspecified atom stereocenters. The lowest BCUT2D eigenvalue weighted by Crippen LogP contribution is -2.44. The molecule has 0 aromatic heterocycles. The minimum atomic E-state index is -1.82. The highest BCUT2D eigenvalue weighted by Crippen LogP contribution is 2.39. The summed E-state index contributed by atoms with van der Waals surface area (Å²) in [5.74, 6) is 0.265. The first-order valence-electron chi connectivity index (χ1n) is 11.4. The molecule has 2 rings (SSSR count). The van der Waals surface area contributed by atoms with Crippen molar-refractivity contribution in [1.29, 1.82) is 0 Å². The Balaban J connectivity index is 1.87. The van der Waals surface area contributed by atoms with Gasteiger partial charge in [0.1, 0.15) is 6.10 Å². The quantitative estimate of drug-likeness (QED) is 0.397. The predicted molar refractivity (Wildman–Crippen MR) is 126 cm³/mol. The van der Waals surface area contributed by atoms with E-state index in [1.165, 1.54) is 5.56 Å². The van der Waals surface area contributed by atoms with Gasteiger partial charge in [-0.1, -0.05) is 65.0 Å². The minimum absolute atomic E-state index is 0.0263. The normalized spacial score (nSPS) is 24.0. The largest absolute Gasteiger partial charge is 0.414 e. The summed E-state index contributed by atoms with van der Waals surface area (Å²) < 4.78 is 25.0. The van der Waals surface area contributed by atoms with Crippen LogP contribution in [0.25, 0.3) is 0 Å². The van der Waals surface area contributed by atoms with Crippen LogP contribution in [0, 0.1) is 11.8 Å². The maximum absolute atomic E-state index is 6.48. The second kappa shape index (κ2) is 10.3. The zero-order valence-corrected chi connectivity index (χ0v) is 21.7. The molecule has 0 spiro atoms. The Bertz CT molecular complexity index is 638. The molecule has 5 heteroatoms. The maximum atomic E-state index is 6.48. The Hall–Kier alpha value is -0.723. The van der Waals surface area contributed by atoms with Gasteiger partial charge in [-0.25, -0.2) is 0 Å². The first kappa shape index (κ1) is 25.5. The second-order valence-corrected chi connectivity index (χ2v) is 15.8. The molecule has 0 amide bonds. The average molecular weight is 437 g/mol. The highest BCUT2D eigenvalue weighted by Gasteiger charge is 2.46. The van der Waals surface area contributed by atoms with Crippen LogP contribution in [0.1, 0.15) is 60.5 Å². The van der Waals surface area contributed by atoms with Crippen molar-refractivity contribution in [2.24, 2.45) is 11.8 Å². The van der Waals surface area contributed by atoms with Crippen LogP contribution in [0.4, 0.5) is 0 Å². The summed E-state index contributed by atoms with van der Waals surface area (Å²) in [6, 6.07) is 10.3. The molecule has 4 atom stereocenters. The summed E-state index contributed by atoms with van der Waals surface area (Å²) in [7, 11) is -1.82. The van der Waals surface area contributed by atoms with E-state index in [2.05, 4.69) is 72.0 Å². The third-order valence-electron chi connectivity index (χ3n) is 6.49. The van der Waals surface area contributed by atoms with Crippen LogP contribution in [-0.4, -0.2) is 39.5 Å². The van der Waals surface area contributed by atoms with Crippen molar-refractivity contribution in [3.8, 4) is 0 Å². The summed E-state index contributed by atoms with van der Waals surface area (Å²) in [4.78, 5) is 0. The Morgan fingerprint density at radius 1 is 1.07 bits per heavy atom. The molecule has 1 fully saturated rings. The van der Waals surface area contributed by atoms with Gasteiger partial charge in [0.15, 0.2) is 14.1 Å². The number of hydrogen-bond donors (Lipinski definition) is 0. The molecule has 1 saturated heterocycles. The van der Waals surface area contributed by atoms with Gasteiger partial charge < -0.3 is 18.6 Å². The Morgan fingerprint density at radius 2 is 1.70 bits per heavy atom. The van der Waals surface area contributed by atoms with Gasteiger partial charge in [0, 0.05) is 6.61 Å². The molecule has 0 bridgehead atoms. The summed E-state index contributed by atoms with van der Waals surface area (Å²) in [6.45, 7) is 21.9. The highest BCUT2D eigenvalue weighted by molar-refractivity contribution is 6.74. The third kappa shape index (κ3) is 7.45. The van der Waals surface area contributed by atoms with Gasteiger partial charge in [0.2, 0.25) is 0 Å². The van der Waals surface area contributed by atoms with Crippen LogP contribution >= 0.6 is 0 Å². The van der Waals surface area contributed by atoms with Gasteiger partial charge >= 0.3 is 0 Å². The SMILES string of the molecule is C[C@@H](COCc1ccccc1)C[C@H](C)[C@H]1OC(C)(C)O[C@@H]1CO[Si](C)(C)C(C)(C)C. The summed E-state index contributed by atoms with van der Waals surface area (Å²) in [5.41, 5.74) is 1.22. The van der Waals surface area contributed by atoms with Crippen molar-refractivity contribution >= 4 is 8.32 Å². The van der Waals surface area contributed by atoms with Crippen LogP contribution < -0.4 is 0 Å². The molecule has 1 aromatic carbocycles. The van der Waals surface area contributed by atoms with Crippen molar-refractivity contribution in [2.45, 2.75) is 97.6 Å². The average Bonchev–Trinajstić information content (AvgIpc) is 2.95. The van der Waals surface area contributed by atoms with Crippen LogP contribution in [0.15, 0.2) is 30.3 Å². The molecule has 1 aliphatic rings. The van der Waals surface area contributed by atoms with E-state index in [0.717, 1.165) is 13.0 Å². The first-order valence-corrected chi connectivity index (χ1v) is 14.3. The predicted octanol–water partition coefficient (Wildman–Crippen LogP) is 6.41. The molecule has 1 aliphatic heterocycles. The standard InChI is InChI=1S/C25H44O4Si/c1-19(16-26-17-21-13-11-10-12-14-21)15-20(2)23-22(28-25(6,7)29-23)18-27-30(8,9)24(3,4)5/h10-14,19-20,22-23H,15-18H2,1-9H3/t19-,20+,22-,23-/m1/s1. The number of benzene rings is 1. The van der Waals surface area contributed by atoms with E-state index in [1.807, 2.05) is 19.9 Å². The van der Waals surface area contributed by atoms with Gasteiger partial charge in [-0.05, 0) is 55.8 Å². The van der Waals surface area contributed by atoms with Crippen molar-refractivity contribution in [1.82, 2.24) is 0 Å². The molecule has 30 heavy (non-hydrogen) atoms. The van der Waals surface area contributed by atoms with Gasteiger partial charge in [0.25, 0.3) is 0 Å². The minimum Gasteiger partial charge on any atom is -0.414 e. The van der Waals surface area contributed by atoms with Crippen molar-refractivity contribution < 1.29 is 18.6 Å². The van der Waals surface area contributed by atoms with E-state index in [-0.39, 0.29) is 17.2 Å². The van der Waals surface area contributed by atoms with Crippen molar-refractivity contribution in [2.75, 3.05) is 13.2 Å². The fourth-order valence-corrected chi connectivity index (χ4v) is 4.78. The van der Waals surface area contributed by atoms with E-state index in [0.29, 0.717) is 25.0 Å². The molecule has 0 saturated carbocycles. The molecule has 0 N–H and O–H groups in total. The molecule has 4 nitrogen and oxygen atoms in total. The molecule has 172 valence electrons. The Morgan fingerprint density at radius 3 is 2.30 bits per heavy atom. The van der Waals surface area contributed by atoms with Crippen molar-refractivity contribution in [3.05, 3.63) is 35.9 Å². The van der Waals surface area contributed by atoms with Gasteiger partial charge in [0.05, 0.1) is 19.3 Å². The lowest BCUT2D eigenvalue weighted by molar-refractivity contribution is -0.152. The molecule has 0 radical (unpaired) electrons. The third-order valence-corrected chi connectivity index (χ3v) is 11.0. The van der Waals surface area contributed by atoms with E-state index in [4.69, 9.17) is 18.6 Å². The van der Waals surface area contributed by atoms with Crippen molar-refractivity contribution in [3.63, 3.8) is 0 Å². The molecular weight excluding hydrogens is 392 g/mol. The Kier molecular flexibility index (Phi) is 8.74. The van der Waals surface area contributed by atoms with E-state index in [1.54, 1.807) is 0 Å². The molecule has 1 aromatic rings. The number of hydrogen-bond acceptors (Lipinski definition) is 4. The fraction of sp³-hybridized carbons (Fsp3) is 0.760. The number of ether oxygens (including phenoxy) is 3. The Labute approximate surface area is 185 Å². The molecule has 1 heterocycles. The van der Waals surface area contributed by atoms with Gasteiger partial charge in [-0.3, -0.25) is 0 Å².